The highest BCUT2D eigenvalue weighted by molar-refractivity contribution is 6.32. The second-order valence-electron chi connectivity index (χ2n) is 8.95. The van der Waals surface area contributed by atoms with E-state index in [2.05, 4.69) is 25.7 Å². The van der Waals surface area contributed by atoms with Gasteiger partial charge < -0.3 is 10.6 Å². The first kappa shape index (κ1) is 26.5. The Kier molecular flexibility index (Phi) is 7.39. The Morgan fingerprint density at radius 2 is 1.74 bits per heavy atom. The number of carbonyl (C=O) groups excluding carboxylic acids is 1. The van der Waals surface area contributed by atoms with Gasteiger partial charge in [-0.05, 0) is 62.1 Å². The third-order valence-corrected chi connectivity index (χ3v) is 7.05. The minimum absolute atomic E-state index is 0.0962. The number of alkyl halides is 3. The van der Waals surface area contributed by atoms with Gasteiger partial charge in [0.2, 0.25) is 0 Å². The van der Waals surface area contributed by atoms with E-state index in [1.54, 1.807) is 18.2 Å². The summed E-state index contributed by atoms with van der Waals surface area (Å²) < 4.78 is 41.6. The molecule has 0 radical (unpaired) electrons. The number of anilines is 1. The van der Waals surface area contributed by atoms with Gasteiger partial charge in [0.25, 0.3) is 5.91 Å². The van der Waals surface area contributed by atoms with Crippen molar-refractivity contribution in [3.8, 4) is 5.82 Å². The first-order valence-electron chi connectivity index (χ1n) is 11.7. The number of benzene rings is 1. The van der Waals surface area contributed by atoms with Crippen LogP contribution in [0, 0.1) is 0 Å². The van der Waals surface area contributed by atoms with E-state index in [4.69, 9.17) is 34.8 Å². The molecule has 1 aromatic carbocycles. The van der Waals surface area contributed by atoms with Crippen molar-refractivity contribution in [1.29, 1.82) is 0 Å². The lowest BCUT2D eigenvalue weighted by Gasteiger charge is -2.30. The fourth-order valence-corrected chi connectivity index (χ4v) is 5.09. The Hall–Kier alpha value is -3.08. The van der Waals surface area contributed by atoms with Crippen molar-refractivity contribution in [2.75, 3.05) is 5.32 Å². The number of aromatic nitrogens is 4. The van der Waals surface area contributed by atoms with E-state index in [1.807, 2.05) is 0 Å². The zero-order valence-electron chi connectivity index (χ0n) is 19.6. The molecule has 1 fully saturated rings. The molecule has 0 atom stereocenters. The molecule has 7 nitrogen and oxygen atoms in total. The standard InChI is InChI=1S/C25H20Cl3F3N6O/c26-13-3-8-18-16(10-13)19(11-21(35-18)25(29,30)31)33-14-4-6-15(7-5-14)34-24(38)20-12-22(28)36-37(20)23-17(27)2-1-9-32-23/h1-3,8-12,14-15H,4-7H2,(H,33,35)(H,34,38). The van der Waals surface area contributed by atoms with Crippen LogP contribution in [-0.2, 0) is 6.18 Å². The van der Waals surface area contributed by atoms with Crippen LogP contribution in [0.1, 0.15) is 41.9 Å². The molecule has 1 aliphatic carbocycles. The Morgan fingerprint density at radius 3 is 2.45 bits per heavy atom. The number of pyridine rings is 2. The van der Waals surface area contributed by atoms with Crippen LogP contribution in [0.25, 0.3) is 16.7 Å². The van der Waals surface area contributed by atoms with Gasteiger partial charge in [-0.25, -0.2) is 14.6 Å². The van der Waals surface area contributed by atoms with Gasteiger partial charge in [-0.3, -0.25) is 4.79 Å². The highest BCUT2D eigenvalue weighted by Crippen LogP contribution is 2.35. The van der Waals surface area contributed by atoms with Gasteiger partial charge >= 0.3 is 6.18 Å². The van der Waals surface area contributed by atoms with Crippen molar-refractivity contribution in [3.05, 3.63) is 75.2 Å². The number of nitrogens with one attached hydrogen (secondary N) is 2. The minimum atomic E-state index is -4.58. The van der Waals surface area contributed by atoms with Crippen molar-refractivity contribution < 1.29 is 18.0 Å². The number of hydrogen-bond donors (Lipinski definition) is 2. The lowest BCUT2D eigenvalue weighted by atomic mass is 9.90. The molecular formula is C25H20Cl3F3N6O. The average molecular weight is 584 g/mol. The molecule has 2 N–H and O–H groups in total. The van der Waals surface area contributed by atoms with Crippen molar-refractivity contribution in [2.45, 2.75) is 43.9 Å². The maximum Gasteiger partial charge on any atom is 0.433 e. The van der Waals surface area contributed by atoms with E-state index >= 15 is 0 Å². The lowest BCUT2D eigenvalue weighted by molar-refractivity contribution is -0.140. The van der Waals surface area contributed by atoms with Gasteiger partial charge in [0, 0.05) is 40.4 Å². The van der Waals surface area contributed by atoms with Crippen LogP contribution in [0.3, 0.4) is 0 Å². The molecule has 3 heterocycles. The summed E-state index contributed by atoms with van der Waals surface area (Å²) >= 11 is 18.4. The third kappa shape index (κ3) is 5.67. The molecule has 198 valence electrons. The second kappa shape index (κ2) is 10.6. The highest BCUT2D eigenvalue weighted by Gasteiger charge is 2.34. The number of rotatable bonds is 5. The zero-order valence-corrected chi connectivity index (χ0v) is 21.8. The Bertz CT molecular complexity index is 1500. The third-order valence-electron chi connectivity index (χ3n) is 6.34. The van der Waals surface area contributed by atoms with E-state index in [9.17, 15) is 18.0 Å². The van der Waals surface area contributed by atoms with Crippen LogP contribution in [-0.4, -0.2) is 37.7 Å². The molecular weight excluding hydrogens is 564 g/mol. The summed E-state index contributed by atoms with van der Waals surface area (Å²) in [6.45, 7) is 0. The number of fused-ring (bicyclic) bond motifs is 1. The van der Waals surface area contributed by atoms with Crippen molar-refractivity contribution in [2.24, 2.45) is 0 Å². The fraction of sp³-hybridized carbons (Fsp3) is 0.280. The van der Waals surface area contributed by atoms with E-state index in [1.165, 1.54) is 29.1 Å². The van der Waals surface area contributed by atoms with E-state index < -0.39 is 11.9 Å². The molecule has 13 heteroatoms. The molecule has 0 saturated heterocycles. The predicted octanol–water partition coefficient (Wildman–Crippen LogP) is 6.95. The predicted molar refractivity (Wildman–Crippen MR) is 140 cm³/mol. The van der Waals surface area contributed by atoms with Crippen LogP contribution in [0.15, 0.2) is 48.7 Å². The topological polar surface area (TPSA) is 84.7 Å². The smallest absolute Gasteiger partial charge is 0.382 e. The maximum atomic E-state index is 13.4. The van der Waals surface area contributed by atoms with Gasteiger partial charge in [-0.1, -0.05) is 34.8 Å². The molecule has 3 aromatic heterocycles. The van der Waals surface area contributed by atoms with Gasteiger partial charge in [-0.2, -0.15) is 18.3 Å². The molecule has 4 aromatic rings. The Morgan fingerprint density at radius 1 is 1.00 bits per heavy atom. The molecule has 0 aliphatic heterocycles. The van der Waals surface area contributed by atoms with Crippen molar-refractivity contribution in [3.63, 3.8) is 0 Å². The monoisotopic (exact) mass is 582 g/mol. The molecule has 1 saturated carbocycles. The maximum absolute atomic E-state index is 13.4. The SMILES string of the molecule is O=C(NC1CCC(Nc2cc(C(F)(F)F)nc3ccc(Cl)cc23)CC1)c1cc(Cl)nn1-c1ncccc1Cl. The van der Waals surface area contributed by atoms with Crippen molar-refractivity contribution >= 4 is 57.3 Å². The molecule has 0 unspecified atom stereocenters. The Labute approximate surface area is 230 Å². The summed E-state index contributed by atoms with van der Waals surface area (Å²) in [6.07, 6.45) is -0.561. The molecule has 1 aliphatic rings. The number of hydrogen-bond acceptors (Lipinski definition) is 5. The van der Waals surface area contributed by atoms with E-state index in [-0.39, 0.29) is 40.2 Å². The quantitative estimate of drug-likeness (QED) is 0.266. The molecule has 38 heavy (non-hydrogen) atoms. The van der Waals surface area contributed by atoms with Gasteiger partial charge in [0.1, 0.15) is 11.4 Å². The first-order valence-corrected chi connectivity index (χ1v) is 12.8. The summed E-state index contributed by atoms with van der Waals surface area (Å²) in [4.78, 5) is 21.0. The summed E-state index contributed by atoms with van der Waals surface area (Å²) in [5, 5.41) is 11.7. The Balaban J connectivity index is 1.28. The number of nitrogens with zero attached hydrogens (tertiary/aromatic N) is 4. The zero-order chi connectivity index (χ0) is 27.0. The first-order chi connectivity index (χ1) is 18.1. The second-order valence-corrected chi connectivity index (χ2v) is 10.2. The fourth-order valence-electron chi connectivity index (χ4n) is 4.53. The van der Waals surface area contributed by atoms with Crippen LogP contribution >= 0.6 is 34.8 Å². The van der Waals surface area contributed by atoms with Crippen LogP contribution in [0.5, 0.6) is 0 Å². The van der Waals surface area contributed by atoms with Crippen LogP contribution in [0.2, 0.25) is 15.2 Å². The molecule has 5 rings (SSSR count). The normalized spacial score (nSPS) is 17.9. The van der Waals surface area contributed by atoms with E-state index in [0.29, 0.717) is 46.8 Å². The van der Waals surface area contributed by atoms with E-state index in [0.717, 1.165) is 6.07 Å². The van der Waals surface area contributed by atoms with Crippen LogP contribution < -0.4 is 10.6 Å². The molecule has 1 amide bonds. The lowest BCUT2D eigenvalue weighted by Crippen LogP contribution is -2.40. The van der Waals surface area contributed by atoms with Gasteiger partial charge in [0.15, 0.2) is 11.0 Å². The molecule has 0 spiro atoms. The summed E-state index contributed by atoms with van der Waals surface area (Å²) in [5.74, 6) is -0.103. The highest BCUT2D eigenvalue weighted by atomic mass is 35.5. The number of carbonyl (C=O) groups is 1. The number of amides is 1. The minimum Gasteiger partial charge on any atom is -0.382 e. The largest absolute Gasteiger partial charge is 0.433 e. The van der Waals surface area contributed by atoms with Crippen LogP contribution in [0.4, 0.5) is 18.9 Å². The molecule has 0 bridgehead atoms. The summed E-state index contributed by atoms with van der Waals surface area (Å²) in [5.41, 5.74) is -0.256. The van der Waals surface area contributed by atoms with Crippen molar-refractivity contribution in [1.82, 2.24) is 25.1 Å². The summed E-state index contributed by atoms with van der Waals surface area (Å²) in [7, 11) is 0. The summed E-state index contributed by atoms with van der Waals surface area (Å²) in [6, 6.07) is 10.1. The van der Waals surface area contributed by atoms with Gasteiger partial charge in [0.05, 0.1) is 10.5 Å². The van der Waals surface area contributed by atoms with Gasteiger partial charge in [-0.15, -0.1) is 0 Å². The number of halogens is 6. The average Bonchev–Trinajstić information content (AvgIpc) is 3.26.